The van der Waals surface area contributed by atoms with Crippen molar-refractivity contribution in [3.8, 4) is 0 Å². The fraction of sp³-hybridized carbons (Fsp3) is 0.714. The second-order valence-corrected chi connectivity index (χ2v) is 7.69. The van der Waals surface area contributed by atoms with Gasteiger partial charge in [0.1, 0.15) is 0 Å². The monoisotopic (exact) mass is 349 g/mol. The van der Waals surface area contributed by atoms with Gasteiger partial charge >= 0.3 is 20.7 Å². The number of carbonyl (C=O) groups excluding carboxylic acids is 2. The van der Waals surface area contributed by atoms with E-state index in [0.717, 1.165) is 0 Å². The van der Waals surface area contributed by atoms with Crippen molar-refractivity contribution in [1.82, 2.24) is 5.32 Å². The summed E-state index contributed by atoms with van der Waals surface area (Å²) in [6.07, 6.45) is 1.54. The van der Waals surface area contributed by atoms with Crippen LogP contribution in [0.5, 0.6) is 0 Å². The van der Waals surface area contributed by atoms with E-state index >= 15 is 0 Å². The summed E-state index contributed by atoms with van der Waals surface area (Å²) in [5.74, 6) is -0.789. The third-order valence-corrected chi connectivity index (χ3v) is 5.48. The van der Waals surface area contributed by atoms with Gasteiger partial charge in [-0.25, -0.2) is 4.79 Å². The third-order valence-electron chi connectivity index (χ3n) is 2.93. The van der Waals surface area contributed by atoms with E-state index in [4.69, 9.17) is 22.8 Å². The molecule has 0 amide bonds. The molecule has 0 spiro atoms. The molecule has 1 N–H and O–H groups in total. The molecule has 0 aliphatic rings. The van der Waals surface area contributed by atoms with Crippen molar-refractivity contribution >= 4 is 20.7 Å². The summed E-state index contributed by atoms with van der Waals surface area (Å²) >= 11 is 0. The number of esters is 2. The minimum Gasteiger partial charge on any atom is -0.465 e. The number of carbonyl (C=O) groups is 2. The molecule has 0 bridgehead atoms. The van der Waals surface area contributed by atoms with Crippen LogP contribution in [0.1, 0.15) is 19.8 Å². The number of hydrogen-bond donors (Lipinski definition) is 1. The lowest BCUT2D eigenvalue weighted by atomic mass is 10.3. The molecule has 0 aliphatic heterocycles. The number of nitrogens with one attached hydrogen (secondary N) is 1. The first-order valence-corrected chi connectivity index (χ1v) is 9.18. The van der Waals surface area contributed by atoms with Crippen LogP contribution in [0.4, 0.5) is 0 Å². The van der Waals surface area contributed by atoms with Crippen LogP contribution in [0, 0.1) is 0 Å². The topological polar surface area (TPSA) is 92.3 Å². The molecule has 0 aromatic carbocycles. The van der Waals surface area contributed by atoms with Gasteiger partial charge in [0, 0.05) is 26.9 Å². The van der Waals surface area contributed by atoms with Gasteiger partial charge in [-0.1, -0.05) is 6.58 Å². The van der Waals surface area contributed by atoms with E-state index < -0.39 is 14.8 Å². The SMILES string of the molecule is C=C(C)C(=O)OCCCCOC(=O)CNC[Si](OC)(OC)OC. The highest BCUT2D eigenvalue weighted by atomic mass is 28.4. The summed E-state index contributed by atoms with van der Waals surface area (Å²) in [5.41, 5.74) is 0.366. The van der Waals surface area contributed by atoms with Crippen LogP contribution in [0.3, 0.4) is 0 Å². The molecule has 9 heteroatoms. The average Bonchev–Trinajstić information content (AvgIpc) is 2.55. The highest BCUT2D eigenvalue weighted by Crippen LogP contribution is 2.03. The maximum Gasteiger partial charge on any atom is 0.514 e. The average molecular weight is 349 g/mol. The summed E-state index contributed by atoms with van der Waals surface area (Å²) < 4.78 is 25.6. The molecule has 0 fully saturated rings. The standard InChI is InChI=1S/C14H27NO7Si/c1-12(2)14(17)22-9-7-6-8-21-13(16)10-15-11-23(18-3,19-4)20-5/h15H,1,6-11H2,2-5H3. The summed E-state index contributed by atoms with van der Waals surface area (Å²) in [7, 11) is 1.77. The Morgan fingerprint density at radius 2 is 1.52 bits per heavy atom. The molecule has 0 saturated heterocycles. The first kappa shape index (κ1) is 21.7. The van der Waals surface area contributed by atoms with Gasteiger partial charge in [-0.2, -0.15) is 0 Å². The largest absolute Gasteiger partial charge is 0.514 e. The predicted molar refractivity (Wildman–Crippen MR) is 85.6 cm³/mol. The van der Waals surface area contributed by atoms with Gasteiger partial charge in [-0.15, -0.1) is 0 Å². The van der Waals surface area contributed by atoms with Crippen LogP contribution >= 0.6 is 0 Å². The quantitative estimate of drug-likeness (QED) is 0.222. The molecule has 0 rings (SSSR count). The molecule has 0 atom stereocenters. The van der Waals surface area contributed by atoms with E-state index in [0.29, 0.717) is 24.6 Å². The van der Waals surface area contributed by atoms with E-state index in [1.165, 1.54) is 21.3 Å². The molecule has 0 aromatic heterocycles. The Kier molecular flexibility index (Phi) is 11.5. The molecule has 134 valence electrons. The van der Waals surface area contributed by atoms with Crippen LogP contribution in [0.25, 0.3) is 0 Å². The van der Waals surface area contributed by atoms with Gasteiger partial charge in [0.05, 0.1) is 25.9 Å². The van der Waals surface area contributed by atoms with Crippen molar-refractivity contribution in [3.63, 3.8) is 0 Å². The van der Waals surface area contributed by atoms with Gasteiger partial charge in [0.25, 0.3) is 0 Å². The Morgan fingerprint density at radius 1 is 1.00 bits per heavy atom. The van der Waals surface area contributed by atoms with E-state index in [-0.39, 0.29) is 25.7 Å². The highest BCUT2D eigenvalue weighted by Gasteiger charge is 2.37. The first-order chi connectivity index (χ1) is 10.9. The fourth-order valence-electron chi connectivity index (χ4n) is 1.51. The minimum atomic E-state index is -2.73. The molecule has 23 heavy (non-hydrogen) atoms. The number of unbranched alkanes of at least 4 members (excludes halogenated alkanes) is 1. The summed E-state index contributed by atoms with van der Waals surface area (Å²) in [4.78, 5) is 22.6. The zero-order valence-electron chi connectivity index (χ0n) is 14.3. The molecule has 0 aliphatic carbocycles. The molecule has 0 saturated carbocycles. The highest BCUT2D eigenvalue weighted by molar-refractivity contribution is 6.60. The lowest BCUT2D eigenvalue weighted by Crippen LogP contribution is -2.53. The summed E-state index contributed by atoms with van der Waals surface area (Å²) in [6.45, 7) is 5.66. The van der Waals surface area contributed by atoms with Gasteiger partial charge in [-0.05, 0) is 19.8 Å². The maximum atomic E-state index is 11.5. The van der Waals surface area contributed by atoms with Crippen LogP contribution in [0.2, 0.25) is 0 Å². The van der Waals surface area contributed by atoms with E-state index in [9.17, 15) is 9.59 Å². The lowest BCUT2D eigenvalue weighted by Gasteiger charge is -2.24. The van der Waals surface area contributed by atoms with E-state index in [1.807, 2.05) is 0 Å². The van der Waals surface area contributed by atoms with E-state index in [2.05, 4.69) is 11.9 Å². The molecule has 0 heterocycles. The number of hydrogen-bond acceptors (Lipinski definition) is 8. The van der Waals surface area contributed by atoms with Gasteiger partial charge in [0.2, 0.25) is 0 Å². The second kappa shape index (κ2) is 12.2. The molecule has 0 radical (unpaired) electrons. The van der Waals surface area contributed by atoms with Gasteiger partial charge in [0.15, 0.2) is 0 Å². The normalized spacial score (nSPS) is 11.1. The fourth-order valence-corrected chi connectivity index (χ4v) is 2.88. The van der Waals surface area contributed by atoms with Crippen molar-refractivity contribution in [2.75, 3.05) is 47.3 Å². The molecule has 0 aromatic rings. The van der Waals surface area contributed by atoms with Crippen molar-refractivity contribution in [2.45, 2.75) is 19.8 Å². The lowest BCUT2D eigenvalue weighted by molar-refractivity contribution is -0.143. The Labute approximate surface area is 138 Å². The van der Waals surface area contributed by atoms with Gasteiger partial charge in [-0.3, -0.25) is 4.79 Å². The third kappa shape index (κ3) is 9.46. The molecule has 8 nitrogen and oxygen atoms in total. The van der Waals surface area contributed by atoms with Crippen LogP contribution in [0.15, 0.2) is 12.2 Å². The van der Waals surface area contributed by atoms with Gasteiger partial charge < -0.3 is 28.1 Å². The predicted octanol–water partition coefficient (Wildman–Crippen LogP) is 0.436. The van der Waals surface area contributed by atoms with Crippen molar-refractivity contribution in [3.05, 3.63) is 12.2 Å². The van der Waals surface area contributed by atoms with Crippen molar-refractivity contribution in [1.29, 1.82) is 0 Å². The van der Waals surface area contributed by atoms with E-state index in [1.54, 1.807) is 6.92 Å². The summed E-state index contributed by atoms with van der Waals surface area (Å²) in [6, 6.07) is 0. The Balaban J connectivity index is 3.69. The van der Waals surface area contributed by atoms with Crippen molar-refractivity contribution < 1.29 is 32.3 Å². The Bertz CT molecular complexity index is 377. The Hall–Kier alpha value is -1.26. The smallest absolute Gasteiger partial charge is 0.465 e. The molecular weight excluding hydrogens is 322 g/mol. The number of rotatable bonds is 13. The second-order valence-electron chi connectivity index (χ2n) is 4.74. The van der Waals surface area contributed by atoms with Crippen LogP contribution in [-0.2, 0) is 32.3 Å². The van der Waals surface area contributed by atoms with Crippen LogP contribution < -0.4 is 5.32 Å². The number of ether oxygens (including phenoxy) is 2. The van der Waals surface area contributed by atoms with Crippen molar-refractivity contribution in [2.24, 2.45) is 0 Å². The molecule has 0 unspecified atom stereocenters. The Morgan fingerprint density at radius 3 is 2.00 bits per heavy atom. The van der Waals surface area contributed by atoms with Crippen LogP contribution in [-0.4, -0.2) is 68.0 Å². The maximum absolute atomic E-state index is 11.5. The molecular formula is C14H27NO7Si. The zero-order valence-corrected chi connectivity index (χ0v) is 15.3. The minimum absolute atomic E-state index is 0.0372. The zero-order chi connectivity index (χ0) is 17.7. The summed E-state index contributed by atoms with van der Waals surface area (Å²) in [5, 5.41) is 2.89. The first-order valence-electron chi connectivity index (χ1n) is 7.25.